The van der Waals surface area contributed by atoms with E-state index in [1.54, 1.807) is 6.07 Å². The van der Waals surface area contributed by atoms with Gasteiger partial charge in [-0.3, -0.25) is 0 Å². The van der Waals surface area contributed by atoms with E-state index in [2.05, 4.69) is 45.9 Å². The largest absolute Gasteiger partial charge is 0.508 e. The van der Waals surface area contributed by atoms with E-state index in [-0.39, 0.29) is 5.41 Å². The lowest BCUT2D eigenvalue weighted by atomic mass is 9.83. The minimum Gasteiger partial charge on any atom is -0.508 e. The summed E-state index contributed by atoms with van der Waals surface area (Å²) in [5, 5.41) is 20.2. The maximum absolute atomic E-state index is 10.6. The first kappa shape index (κ1) is 18.1. The van der Waals surface area contributed by atoms with Crippen molar-refractivity contribution >= 4 is 12.2 Å². The molecule has 0 saturated carbocycles. The van der Waals surface area contributed by atoms with Crippen LogP contribution >= 0.6 is 0 Å². The van der Waals surface area contributed by atoms with E-state index in [0.29, 0.717) is 11.5 Å². The molecule has 0 aliphatic heterocycles. The van der Waals surface area contributed by atoms with Crippen LogP contribution in [0.4, 0.5) is 0 Å². The molecule has 0 heterocycles. The molecule has 0 amide bonds. The fourth-order valence-electron chi connectivity index (χ4n) is 2.82. The van der Waals surface area contributed by atoms with Crippen LogP contribution in [-0.4, -0.2) is 10.2 Å². The Morgan fingerprint density at radius 2 is 1.62 bits per heavy atom. The van der Waals surface area contributed by atoms with Crippen molar-refractivity contribution in [2.75, 3.05) is 0 Å². The zero-order valence-electron chi connectivity index (χ0n) is 15.4. The Kier molecular flexibility index (Phi) is 5.38. The van der Waals surface area contributed by atoms with Crippen LogP contribution < -0.4 is 0 Å². The molecule has 2 aromatic carbocycles. The Labute approximate surface area is 145 Å². The first-order valence-electron chi connectivity index (χ1n) is 8.56. The Morgan fingerprint density at radius 3 is 2.21 bits per heavy atom. The smallest absolute Gasteiger partial charge is 0.122 e. The van der Waals surface area contributed by atoms with Crippen LogP contribution in [0, 0.1) is 6.92 Å². The molecule has 0 atom stereocenters. The maximum atomic E-state index is 10.6. The topological polar surface area (TPSA) is 40.5 Å². The molecule has 0 radical (unpaired) electrons. The van der Waals surface area contributed by atoms with Crippen molar-refractivity contribution in [3.8, 4) is 11.5 Å². The van der Waals surface area contributed by atoms with Gasteiger partial charge in [0.15, 0.2) is 0 Å². The van der Waals surface area contributed by atoms with Gasteiger partial charge in [-0.25, -0.2) is 0 Å². The Balaban J connectivity index is 2.43. The molecule has 2 heteroatoms. The Bertz CT molecular complexity index is 749. The van der Waals surface area contributed by atoms with Gasteiger partial charge in [0, 0.05) is 5.56 Å². The first-order chi connectivity index (χ1) is 11.2. The van der Waals surface area contributed by atoms with Crippen LogP contribution in [0.3, 0.4) is 0 Å². The van der Waals surface area contributed by atoms with E-state index < -0.39 is 0 Å². The number of phenolic OH excluding ortho intramolecular Hbond substituents is 2. The molecule has 2 rings (SSSR count). The second-order valence-electron chi connectivity index (χ2n) is 7.46. The number of hydrogen-bond acceptors (Lipinski definition) is 2. The summed E-state index contributed by atoms with van der Waals surface area (Å²) < 4.78 is 0. The predicted molar refractivity (Wildman–Crippen MR) is 103 cm³/mol. The summed E-state index contributed by atoms with van der Waals surface area (Å²) in [5.74, 6) is 0.749. The van der Waals surface area contributed by atoms with Gasteiger partial charge in [-0.05, 0) is 65.3 Å². The van der Waals surface area contributed by atoms with Crippen molar-refractivity contribution < 1.29 is 10.2 Å². The lowest BCUT2D eigenvalue weighted by molar-refractivity contribution is 0.440. The van der Waals surface area contributed by atoms with Gasteiger partial charge in [-0.1, -0.05) is 52.3 Å². The molecule has 2 nitrogen and oxygen atoms in total. The molecule has 0 saturated heterocycles. The van der Waals surface area contributed by atoms with Gasteiger partial charge in [-0.15, -0.1) is 0 Å². The van der Waals surface area contributed by atoms with Crippen molar-refractivity contribution in [3.05, 3.63) is 58.1 Å². The van der Waals surface area contributed by atoms with Gasteiger partial charge in [0.05, 0.1) is 0 Å². The quantitative estimate of drug-likeness (QED) is 0.695. The van der Waals surface area contributed by atoms with Crippen molar-refractivity contribution in [3.63, 3.8) is 0 Å². The van der Waals surface area contributed by atoms with Crippen LogP contribution in [0.15, 0.2) is 30.3 Å². The molecule has 0 aromatic heterocycles. The summed E-state index contributed by atoms with van der Waals surface area (Å²) in [6.45, 7) is 10.4. The number of phenols is 2. The lowest BCUT2D eigenvalue weighted by Gasteiger charge is -2.23. The molecule has 24 heavy (non-hydrogen) atoms. The van der Waals surface area contributed by atoms with Crippen LogP contribution in [0.1, 0.15) is 61.9 Å². The Hall–Kier alpha value is -2.22. The molecule has 128 valence electrons. The molecule has 2 N–H and O–H groups in total. The van der Waals surface area contributed by atoms with E-state index in [4.69, 9.17) is 0 Å². The highest BCUT2D eigenvalue weighted by molar-refractivity contribution is 5.72. The van der Waals surface area contributed by atoms with Gasteiger partial charge < -0.3 is 10.2 Å². The van der Waals surface area contributed by atoms with Crippen LogP contribution in [0.25, 0.3) is 12.2 Å². The minimum absolute atomic E-state index is 0.106. The van der Waals surface area contributed by atoms with E-state index in [0.717, 1.165) is 40.7 Å². The van der Waals surface area contributed by atoms with Crippen LogP contribution in [-0.2, 0) is 11.8 Å². The van der Waals surface area contributed by atoms with Crippen molar-refractivity contribution in [1.29, 1.82) is 0 Å². The number of hydrogen-bond donors (Lipinski definition) is 2. The van der Waals surface area contributed by atoms with E-state index in [1.807, 2.05) is 25.1 Å². The van der Waals surface area contributed by atoms with E-state index in [1.165, 1.54) is 0 Å². The standard InChI is InChI=1S/C22H28O2/c1-6-7-18-13-17(14-19(21(18)24)22(3,4)5)9-8-16-10-11-20(23)15(2)12-16/h8-14,23-24H,6-7H2,1-5H3/b9-8+. The van der Waals surface area contributed by atoms with E-state index in [9.17, 15) is 10.2 Å². The summed E-state index contributed by atoms with van der Waals surface area (Å²) in [6.07, 6.45) is 5.98. The zero-order chi connectivity index (χ0) is 17.9. The van der Waals surface area contributed by atoms with Gasteiger partial charge in [0.25, 0.3) is 0 Å². The third-order valence-corrected chi connectivity index (χ3v) is 4.23. The number of benzene rings is 2. The van der Waals surface area contributed by atoms with Crippen molar-refractivity contribution in [2.24, 2.45) is 0 Å². The number of aromatic hydroxyl groups is 2. The fraction of sp³-hybridized carbons (Fsp3) is 0.364. The summed E-state index contributed by atoms with van der Waals surface area (Å²) >= 11 is 0. The fourth-order valence-corrected chi connectivity index (χ4v) is 2.82. The van der Waals surface area contributed by atoms with Gasteiger partial charge in [0.2, 0.25) is 0 Å². The highest BCUT2D eigenvalue weighted by Crippen LogP contribution is 2.35. The lowest BCUT2D eigenvalue weighted by Crippen LogP contribution is -2.12. The highest BCUT2D eigenvalue weighted by atomic mass is 16.3. The third kappa shape index (κ3) is 4.19. The zero-order valence-corrected chi connectivity index (χ0v) is 15.4. The average molecular weight is 324 g/mol. The monoisotopic (exact) mass is 324 g/mol. The first-order valence-corrected chi connectivity index (χ1v) is 8.56. The van der Waals surface area contributed by atoms with E-state index >= 15 is 0 Å². The second kappa shape index (κ2) is 7.12. The maximum Gasteiger partial charge on any atom is 0.122 e. The van der Waals surface area contributed by atoms with Gasteiger partial charge in [-0.2, -0.15) is 0 Å². The van der Waals surface area contributed by atoms with Crippen molar-refractivity contribution in [2.45, 2.75) is 52.9 Å². The molecule has 0 spiro atoms. The Morgan fingerprint density at radius 1 is 0.958 bits per heavy atom. The molecule has 2 aromatic rings. The summed E-state index contributed by atoms with van der Waals surface area (Å²) in [7, 11) is 0. The predicted octanol–water partition coefficient (Wildman–Crippen LogP) is 5.83. The normalized spacial score (nSPS) is 12.0. The summed E-state index contributed by atoms with van der Waals surface area (Å²) in [5.41, 5.74) is 4.89. The van der Waals surface area contributed by atoms with Gasteiger partial charge in [0.1, 0.15) is 11.5 Å². The molecular weight excluding hydrogens is 296 g/mol. The van der Waals surface area contributed by atoms with Crippen molar-refractivity contribution in [1.82, 2.24) is 0 Å². The van der Waals surface area contributed by atoms with Crippen LogP contribution in [0.5, 0.6) is 11.5 Å². The van der Waals surface area contributed by atoms with Crippen LogP contribution in [0.2, 0.25) is 0 Å². The number of aryl methyl sites for hydroxylation is 2. The summed E-state index contributed by atoms with van der Waals surface area (Å²) in [6, 6.07) is 9.71. The number of rotatable bonds is 4. The second-order valence-corrected chi connectivity index (χ2v) is 7.46. The highest BCUT2D eigenvalue weighted by Gasteiger charge is 2.20. The minimum atomic E-state index is -0.106. The third-order valence-electron chi connectivity index (χ3n) is 4.23. The summed E-state index contributed by atoms with van der Waals surface area (Å²) in [4.78, 5) is 0. The van der Waals surface area contributed by atoms with Gasteiger partial charge >= 0.3 is 0 Å². The molecule has 0 fully saturated rings. The molecular formula is C22H28O2. The molecule has 0 aliphatic rings. The molecule has 0 bridgehead atoms. The SMILES string of the molecule is CCCc1cc(/C=C/c2ccc(O)c(C)c2)cc(C(C)(C)C)c1O. The molecule has 0 unspecified atom stereocenters. The average Bonchev–Trinajstić information content (AvgIpc) is 2.50. The molecule has 0 aliphatic carbocycles.